The zero-order valence-electron chi connectivity index (χ0n) is 18.5. The van der Waals surface area contributed by atoms with E-state index < -0.39 is 0 Å². The third-order valence-corrected chi connectivity index (χ3v) is 7.00. The summed E-state index contributed by atoms with van der Waals surface area (Å²) in [6, 6.07) is 19.4. The number of aromatic nitrogens is 2. The van der Waals surface area contributed by atoms with E-state index in [1.54, 1.807) is 24.4 Å². The van der Waals surface area contributed by atoms with Crippen LogP contribution < -0.4 is 10.2 Å². The van der Waals surface area contributed by atoms with Gasteiger partial charge in [0.05, 0.1) is 34.2 Å². The summed E-state index contributed by atoms with van der Waals surface area (Å²) in [6.45, 7) is 4.05. The number of hydrogen-bond acceptors (Lipinski definition) is 2. The first kappa shape index (κ1) is 22.8. The molecule has 5 rings (SSSR count). The largest absolute Gasteiger partial charge is 0.351 e. The van der Waals surface area contributed by atoms with Gasteiger partial charge in [-0.1, -0.05) is 41.4 Å². The number of hydrogen-bond donors (Lipinski definition) is 1. The van der Waals surface area contributed by atoms with Crippen molar-refractivity contribution in [3.05, 3.63) is 111 Å². The molecular weight excluding hydrogens is 490 g/mol. The molecule has 1 aliphatic heterocycles. The third kappa shape index (κ3) is 3.86. The minimum Gasteiger partial charge on any atom is -0.351 e. The Balaban J connectivity index is 1.71. The molecule has 2 atom stereocenters. The second kappa shape index (κ2) is 9.02. The lowest BCUT2D eigenvalue weighted by molar-refractivity contribution is 0.556. The standard InChI is InChI=1S/C26H21Cl2FN4S/c1-15-13-18(16(2)32(15)22-11-10-17(27)14-19(22)28)25-24(21-8-5-6-12-30-21)31-26(34)33(25)23-9-4-3-7-20(23)29/h3-14,24-25H,1-2H3,(H,31,34)/t24-,25+/m0/s1. The first-order chi connectivity index (χ1) is 16.4. The van der Waals surface area contributed by atoms with Gasteiger partial charge in [0.25, 0.3) is 0 Å². The SMILES string of the molecule is Cc1cc([C@@H]2[C@H](c3ccccn3)NC(=S)N2c2ccccc2F)c(C)n1-c1ccc(Cl)cc1Cl. The van der Waals surface area contributed by atoms with E-state index in [0.29, 0.717) is 20.8 Å². The number of para-hydroxylation sites is 1. The van der Waals surface area contributed by atoms with E-state index in [1.165, 1.54) is 6.07 Å². The fourth-order valence-electron chi connectivity index (χ4n) is 4.70. The van der Waals surface area contributed by atoms with Crippen LogP contribution in [-0.2, 0) is 0 Å². The molecule has 1 fully saturated rings. The maximum Gasteiger partial charge on any atom is 0.174 e. The number of benzene rings is 2. The molecule has 1 aliphatic rings. The molecular formula is C26H21Cl2FN4S. The van der Waals surface area contributed by atoms with Crippen molar-refractivity contribution in [3.63, 3.8) is 0 Å². The van der Waals surface area contributed by atoms with Crippen LogP contribution in [-0.4, -0.2) is 14.7 Å². The molecule has 0 aliphatic carbocycles. The summed E-state index contributed by atoms with van der Waals surface area (Å²) in [5.41, 5.74) is 5.02. The number of nitrogens with zero attached hydrogens (tertiary/aromatic N) is 3. The van der Waals surface area contributed by atoms with Crippen LogP contribution in [0.25, 0.3) is 5.69 Å². The number of halogens is 3. The highest BCUT2D eigenvalue weighted by Crippen LogP contribution is 2.44. The zero-order valence-corrected chi connectivity index (χ0v) is 20.8. The number of thiocarbonyl (C=S) groups is 1. The molecule has 1 N–H and O–H groups in total. The Labute approximate surface area is 213 Å². The van der Waals surface area contributed by atoms with E-state index in [4.69, 9.17) is 35.4 Å². The van der Waals surface area contributed by atoms with E-state index >= 15 is 0 Å². The van der Waals surface area contributed by atoms with E-state index in [1.807, 2.05) is 55.1 Å². The number of pyridine rings is 1. The van der Waals surface area contributed by atoms with Crippen LogP contribution in [0.15, 0.2) is 72.9 Å². The molecule has 0 unspecified atom stereocenters. The van der Waals surface area contributed by atoms with Crippen LogP contribution in [0.3, 0.4) is 0 Å². The highest BCUT2D eigenvalue weighted by Gasteiger charge is 2.43. The predicted molar refractivity (Wildman–Crippen MR) is 140 cm³/mol. The normalized spacial score (nSPS) is 17.8. The molecule has 0 bridgehead atoms. The molecule has 0 amide bonds. The predicted octanol–water partition coefficient (Wildman–Crippen LogP) is 7.11. The Morgan fingerprint density at radius 3 is 2.44 bits per heavy atom. The maximum absolute atomic E-state index is 15.0. The van der Waals surface area contributed by atoms with Gasteiger partial charge in [-0.2, -0.15) is 0 Å². The van der Waals surface area contributed by atoms with Gasteiger partial charge in [0, 0.05) is 22.6 Å². The lowest BCUT2D eigenvalue weighted by Gasteiger charge is -2.28. The molecule has 1 saturated heterocycles. The number of nitrogens with one attached hydrogen (secondary N) is 1. The molecule has 0 spiro atoms. The van der Waals surface area contributed by atoms with Crippen LogP contribution in [0.4, 0.5) is 10.1 Å². The first-order valence-corrected chi connectivity index (χ1v) is 11.9. The van der Waals surface area contributed by atoms with Gasteiger partial charge in [0.2, 0.25) is 0 Å². The number of rotatable bonds is 4. The van der Waals surface area contributed by atoms with Crippen LogP contribution in [0.5, 0.6) is 0 Å². The lowest BCUT2D eigenvalue weighted by Crippen LogP contribution is -2.30. The molecule has 2 aromatic carbocycles. The van der Waals surface area contributed by atoms with Gasteiger partial charge in [0.15, 0.2) is 5.11 Å². The van der Waals surface area contributed by atoms with Gasteiger partial charge in [-0.15, -0.1) is 0 Å². The van der Waals surface area contributed by atoms with Crippen LogP contribution in [0, 0.1) is 19.7 Å². The van der Waals surface area contributed by atoms with E-state index in [2.05, 4.69) is 20.9 Å². The molecule has 3 heterocycles. The van der Waals surface area contributed by atoms with Gasteiger partial charge in [0.1, 0.15) is 5.82 Å². The van der Waals surface area contributed by atoms with Crippen molar-refractivity contribution in [3.8, 4) is 5.69 Å². The average Bonchev–Trinajstić information content (AvgIpc) is 3.30. The molecule has 0 radical (unpaired) electrons. The molecule has 0 saturated carbocycles. The number of anilines is 1. The van der Waals surface area contributed by atoms with Crippen LogP contribution in [0.2, 0.25) is 10.0 Å². The second-order valence-corrected chi connectivity index (χ2v) is 9.44. The van der Waals surface area contributed by atoms with Gasteiger partial charge in [-0.05, 0) is 80.2 Å². The van der Waals surface area contributed by atoms with Gasteiger partial charge in [-0.25, -0.2) is 4.39 Å². The summed E-state index contributed by atoms with van der Waals surface area (Å²) in [5, 5.41) is 4.95. The number of aryl methyl sites for hydroxylation is 1. The Morgan fingerprint density at radius 2 is 1.74 bits per heavy atom. The first-order valence-electron chi connectivity index (χ1n) is 10.8. The Kier molecular flexibility index (Phi) is 6.06. The van der Waals surface area contributed by atoms with Crippen LogP contribution in [0.1, 0.15) is 34.7 Å². The third-order valence-electron chi connectivity index (χ3n) is 6.15. The topological polar surface area (TPSA) is 33.1 Å². The van der Waals surface area contributed by atoms with E-state index in [-0.39, 0.29) is 17.9 Å². The minimum atomic E-state index is -0.340. The molecule has 8 heteroatoms. The molecule has 34 heavy (non-hydrogen) atoms. The smallest absolute Gasteiger partial charge is 0.174 e. The van der Waals surface area contributed by atoms with Crippen molar-refractivity contribution < 1.29 is 4.39 Å². The van der Waals surface area contributed by atoms with Crippen molar-refractivity contribution in [2.75, 3.05) is 4.90 Å². The Morgan fingerprint density at radius 1 is 0.971 bits per heavy atom. The van der Waals surface area contributed by atoms with Crippen molar-refractivity contribution in [2.45, 2.75) is 25.9 Å². The minimum absolute atomic E-state index is 0.275. The summed E-state index contributed by atoms with van der Waals surface area (Å²) in [5.74, 6) is -0.340. The highest BCUT2D eigenvalue weighted by atomic mass is 35.5. The van der Waals surface area contributed by atoms with Crippen molar-refractivity contribution in [1.82, 2.24) is 14.9 Å². The maximum atomic E-state index is 15.0. The van der Waals surface area contributed by atoms with Crippen molar-refractivity contribution in [2.24, 2.45) is 0 Å². The zero-order chi connectivity index (χ0) is 24.0. The summed E-state index contributed by atoms with van der Waals surface area (Å²) < 4.78 is 17.1. The monoisotopic (exact) mass is 510 g/mol. The van der Waals surface area contributed by atoms with Gasteiger partial charge in [-0.3, -0.25) is 4.98 Å². The fourth-order valence-corrected chi connectivity index (χ4v) is 5.53. The molecule has 4 nitrogen and oxygen atoms in total. The summed E-state index contributed by atoms with van der Waals surface area (Å²) in [4.78, 5) is 6.42. The molecule has 2 aromatic heterocycles. The summed E-state index contributed by atoms with van der Waals surface area (Å²) in [6.07, 6.45) is 1.75. The van der Waals surface area contributed by atoms with E-state index in [0.717, 1.165) is 28.3 Å². The Hall–Kier alpha value is -2.93. The van der Waals surface area contributed by atoms with Crippen molar-refractivity contribution in [1.29, 1.82) is 0 Å². The van der Waals surface area contributed by atoms with Gasteiger partial charge >= 0.3 is 0 Å². The summed E-state index contributed by atoms with van der Waals surface area (Å²) in [7, 11) is 0. The average molecular weight is 511 g/mol. The molecule has 4 aromatic rings. The van der Waals surface area contributed by atoms with Crippen LogP contribution >= 0.6 is 35.4 Å². The highest BCUT2D eigenvalue weighted by molar-refractivity contribution is 7.80. The Bertz CT molecular complexity index is 1390. The van der Waals surface area contributed by atoms with Crippen molar-refractivity contribution >= 4 is 46.2 Å². The lowest BCUT2D eigenvalue weighted by atomic mass is 9.96. The quantitative estimate of drug-likeness (QED) is 0.296. The molecule has 172 valence electrons. The summed E-state index contributed by atoms with van der Waals surface area (Å²) >= 11 is 18.4. The van der Waals surface area contributed by atoms with E-state index in [9.17, 15) is 4.39 Å². The fraction of sp³-hybridized carbons (Fsp3) is 0.154. The van der Waals surface area contributed by atoms with Gasteiger partial charge < -0.3 is 14.8 Å². The second-order valence-electron chi connectivity index (χ2n) is 8.21.